The Bertz CT molecular complexity index is 932. The van der Waals surface area contributed by atoms with Crippen molar-refractivity contribution in [3.63, 3.8) is 0 Å². The number of carbonyl (C=O) groups excluding carboxylic acids is 3. The van der Waals surface area contributed by atoms with Crippen molar-refractivity contribution in [1.29, 1.82) is 5.26 Å². The van der Waals surface area contributed by atoms with Gasteiger partial charge in [-0.25, -0.2) is 0 Å². The van der Waals surface area contributed by atoms with Crippen LogP contribution in [0.15, 0.2) is 10.6 Å². The fourth-order valence-corrected chi connectivity index (χ4v) is 5.87. The van der Waals surface area contributed by atoms with Crippen molar-refractivity contribution < 1.29 is 24.0 Å². The van der Waals surface area contributed by atoms with Crippen molar-refractivity contribution in [2.75, 3.05) is 12.3 Å². The van der Waals surface area contributed by atoms with E-state index in [1.165, 1.54) is 22.7 Å². The van der Waals surface area contributed by atoms with Gasteiger partial charge in [0.25, 0.3) is 5.91 Å². The van der Waals surface area contributed by atoms with E-state index in [0.29, 0.717) is 37.3 Å². The van der Waals surface area contributed by atoms with Crippen molar-refractivity contribution in [1.82, 2.24) is 26.0 Å². The highest BCUT2D eigenvalue weighted by Gasteiger charge is 2.47. The van der Waals surface area contributed by atoms with Crippen LogP contribution in [-0.4, -0.2) is 74.9 Å². The Kier molecular flexibility index (Phi) is 6.68. The summed E-state index contributed by atoms with van der Waals surface area (Å²) >= 11 is 1.53. The third-order valence-corrected chi connectivity index (χ3v) is 7.50. The molecule has 172 valence electrons. The van der Waals surface area contributed by atoms with Crippen molar-refractivity contribution >= 4 is 29.5 Å². The summed E-state index contributed by atoms with van der Waals surface area (Å²) in [7, 11) is 0. The average molecular weight is 463 g/mol. The lowest BCUT2D eigenvalue weighted by molar-refractivity contribution is -0.143. The van der Waals surface area contributed by atoms with Crippen LogP contribution in [0.2, 0.25) is 0 Å². The van der Waals surface area contributed by atoms with Gasteiger partial charge < -0.3 is 25.2 Å². The summed E-state index contributed by atoms with van der Waals surface area (Å²) in [6, 6.07) is 1.36. The molecule has 6 atom stereocenters. The van der Waals surface area contributed by atoms with Crippen molar-refractivity contribution in [2.45, 2.75) is 62.3 Å². The normalized spacial score (nSPS) is 30.5. The van der Waals surface area contributed by atoms with Crippen LogP contribution in [0.25, 0.3) is 0 Å². The van der Waals surface area contributed by atoms with E-state index >= 15 is 0 Å². The van der Waals surface area contributed by atoms with Crippen LogP contribution in [0.1, 0.15) is 41.9 Å². The minimum atomic E-state index is -0.753. The fraction of sp³-hybridized carbons (Fsp3) is 0.650. The Morgan fingerprint density at radius 2 is 2.28 bits per heavy atom. The first-order valence-electron chi connectivity index (χ1n) is 10.7. The summed E-state index contributed by atoms with van der Waals surface area (Å²) in [6.07, 6.45) is 1.49. The van der Waals surface area contributed by atoms with E-state index in [9.17, 15) is 24.8 Å². The van der Waals surface area contributed by atoms with E-state index in [2.05, 4.69) is 27.2 Å². The second kappa shape index (κ2) is 9.48. The topological polar surface area (TPSA) is 161 Å². The van der Waals surface area contributed by atoms with Gasteiger partial charge in [-0.15, -0.1) is 11.8 Å². The molecule has 0 spiro atoms. The van der Waals surface area contributed by atoms with E-state index in [1.807, 2.05) is 0 Å². The zero-order chi connectivity index (χ0) is 22.8. The molecule has 12 heteroatoms. The Morgan fingerprint density at radius 1 is 1.47 bits per heavy atom. The number of hydrogen-bond donors (Lipinski definition) is 4. The largest absolute Gasteiger partial charge is 0.378 e. The predicted molar refractivity (Wildman–Crippen MR) is 113 cm³/mol. The molecule has 1 aromatic rings. The molecule has 4 N–H and O–H groups in total. The summed E-state index contributed by atoms with van der Waals surface area (Å²) in [5, 5.41) is 31.3. The smallest absolute Gasteiger partial charge is 0.274 e. The summed E-state index contributed by atoms with van der Waals surface area (Å²) in [5.41, 5.74) is 0.1000. The molecule has 32 heavy (non-hydrogen) atoms. The Balaban J connectivity index is 1.38. The van der Waals surface area contributed by atoms with Gasteiger partial charge in [0.15, 0.2) is 5.69 Å². The molecule has 4 heterocycles. The number of nitriles is 1. The van der Waals surface area contributed by atoms with Gasteiger partial charge in [-0.1, -0.05) is 5.16 Å². The molecule has 3 fully saturated rings. The zero-order valence-electron chi connectivity index (χ0n) is 17.6. The van der Waals surface area contributed by atoms with E-state index in [1.54, 1.807) is 6.92 Å². The molecule has 3 saturated heterocycles. The van der Waals surface area contributed by atoms with Gasteiger partial charge in [0.2, 0.25) is 11.8 Å². The van der Waals surface area contributed by atoms with Gasteiger partial charge in [-0.2, -0.15) is 5.26 Å². The molecular formula is C20H26N6O5S. The van der Waals surface area contributed by atoms with Crippen LogP contribution in [-0.2, 0) is 9.59 Å². The van der Waals surface area contributed by atoms with E-state index in [-0.39, 0.29) is 28.8 Å². The molecule has 0 aliphatic carbocycles. The number of nitrogens with zero attached hydrogens (tertiary/aromatic N) is 3. The van der Waals surface area contributed by atoms with Crippen LogP contribution in [0.3, 0.4) is 0 Å². The maximum absolute atomic E-state index is 13.1. The maximum atomic E-state index is 13.1. The molecule has 0 aromatic carbocycles. The molecule has 3 aliphatic rings. The first kappa shape index (κ1) is 22.6. The Labute approximate surface area is 189 Å². The second-order valence-corrected chi connectivity index (χ2v) is 9.56. The maximum Gasteiger partial charge on any atom is 0.274 e. The number of aliphatic hydroxyl groups excluding tert-OH is 1. The first-order chi connectivity index (χ1) is 15.4. The standard InChI is InChI=1S/C20H26N6O5S/c1-10-6-14(25-31-10)18(28)24-13-2-3-16-26(20(13)30)15(9-32-16)19(29)23-12(8-21)7-11-4-5-22-17(11)27/h6,11-13,15-17,22,27H,2-5,7,9H2,1H3,(H,23,29)(H,24,28). The van der Waals surface area contributed by atoms with Crippen molar-refractivity contribution in [3.8, 4) is 6.07 Å². The number of fused-ring (bicyclic) bond motifs is 1. The minimum absolute atomic E-state index is 0.1000. The molecule has 4 rings (SSSR count). The van der Waals surface area contributed by atoms with Crippen molar-refractivity contribution in [2.24, 2.45) is 5.92 Å². The fourth-order valence-electron chi connectivity index (χ4n) is 4.44. The molecular weight excluding hydrogens is 436 g/mol. The molecule has 11 nitrogen and oxygen atoms in total. The molecule has 0 saturated carbocycles. The lowest BCUT2D eigenvalue weighted by Gasteiger charge is -2.37. The summed E-state index contributed by atoms with van der Waals surface area (Å²) in [6.45, 7) is 2.34. The lowest BCUT2D eigenvalue weighted by Crippen LogP contribution is -2.59. The highest BCUT2D eigenvalue weighted by atomic mass is 32.2. The number of nitrogens with one attached hydrogen (secondary N) is 3. The van der Waals surface area contributed by atoms with Gasteiger partial charge >= 0.3 is 0 Å². The van der Waals surface area contributed by atoms with E-state index < -0.39 is 30.3 Å². The number of aromatic nitrogens is 1. The van der Waals surface area contributed by atoms with E-state index in [4.69, 9.17) is 4.52 Å². The average Bonchev–Trinajstić information content (AvgIpc) is 3.50. The van der Waals surface area contributed by atoms with Crippen LogP contribution in [0.4, 0.5) is 0 Å². The predicted octanol–water partition coefficient (Wildman–Crippen LogP) is -0.528. The molecule has 0 bridgehead atoms. The van der Waals surface area contributed by atoms with Gasteiger partial charge in [0.05, 0.1) is 11.4 Å². The Morgan fingerprint density at radius 3 is 2.94 bits per heavy atom. The van der Waals surface area contributed by atoms with Crippen molar-refractivity contribution in [3.05, 3.63) is 17.5 Å². The van der Waals surface area contributed by atoms with Crippen LogP contribution in [0, 0.1) is 24.2 Å². The quantitative estimate of drug-likeness (QED) is 0.436. The number of aryl methyl sites for hydroxylation is 1. The molecule has 0 radical (unpaired) electrons. The van der Waals surface area contributed by atoms with Crippen LogP contribution < -0.4 is 16.0 Å². The second-order valence-electron chi connectivity index (χ2n) is 8.35. The number of amides is 3. The van der Waals surface area contributed by atoms with Gasteiger partial charge in [0, 0.05) is 17.7 Å². The van der Waals surface area contributed by atoms with E-state index in [0.717, 1.165) is 6.42 Å². The highest BCUT2D eigenvalue weighted by Crippen LogP contribution is 2.36. The minimum Gasteiger partial charge on any atom is -0.378 e. The number of thioether (sulfide) groups is 1. The molecule has 1 aromatic heterocycles. The molecule has 3 aliphatic heterocycles. The zero-order valence-corrected chi connectivity index (χ0v) is 18.4. The number of carbonyl (C=O) groups is 3. The number of rotatable bonds is 6. The summed E-state index contributed by atoms with van der Waals surface area (Å²) in [5.74, 6) is -0.395. The number of piperidine rings is 1. The van der Waals surface area contributed by atoms with Gasteiger partial charge in [-0.05, 0) is 39.2 Å². The molecule has 3 amide bonds. The van der Waals surface area contributed by atoms with Crippen LogP contribution in [0.5, 0.6) is 0 Å². The number of aliphatic hydroxyl groups is 1. The summed E-state index contributed by atoms with van der Waals surface area (Å²) < 4.78 is 4.91. The third-order valence-electron chi connectivity index (χ3n) is 6.14. The van der Waals surface area contributed by atoms with Crippen LogP contribution >= 0.6 is 11.8 Å². The van der Waals surface area contributed by atoms with Gasteiger partial charge in [-0.3, -0.25) is 19.7 Å². The molecule has 6 unspecified atom stereocenters. The monoisotopic (exact) mass is 462 g/mol. The summed E-state index contributed by atoms with van der Waals surface area (Å²) in [4.78, 5) is 40.0. The first-order valence-corrected chi connectivity index (χ1v) is 11.7. The SMILES string of the molecule is Cc1cc(C(=O)NC2CCC3SCC(C(=O)NC(C#N)CC4CCNC4O)N3C2=O)no1. The van der Waals surface area contributed by atoms with Gasteiger partial charge in [0.1, 0.15) is 30.1 Å². The lowest BCUT2D eigenvalue weighted by atomic mass is 9.98. The highest BCUT2D eigenvalue weighted by molar-refractivity contribution is 8.00. The number of hydrogen-bond acceptors (Lipinski definition) is 9. The Hall–Kier alpha value is -2.62. The third kappa shape index (κ3) is 4.60.